The van der Waals surface area contributed by atoms with E-state index in [1.54, 1.807) is 12.1 Å². The van der Waals surface area contributed by atoms with Crippen LogP contribution in [0.1, 0.15) is 29.6 Å². The van der Waals surface area contributed by atoms with Crippen LogP contribution in [-0.2, 0) is 9.59 Å². The van der Waals surface area contributed by atoms with Gasteiger partial charge in [-0.1, -0.05) is 12.1 Å². The van der Waals surface area contributed by atoms with Crippen LogP contribution in [0.25, 0.3) is 0 Å². The van der Waals surface area contributed by atoms with Crippen molar-refractivity contribution in [2.75, 3.05) is 4.90 Å². The molecule has 1 aliphatic heterocycles. The summed E-state index contributed by atoms with van der Waals surface area (Å²) in [5.41, 5.74) is 0.199. The maximum atomic E-state index is 13.0. The summed E-state index contributed by atoms with van der Waals surface area (Å²) in [5, 5.41) is 10.9. The van der Waals surface area contributed by atoms with Crippen molar-refractivity contribution < 1.29 is 24.0 Å². The number of nitrogens with zero attached hydrogens (tertiary/aromatic N) is 2. The Hall–Kier alpha value is -3.55. The van der Waals surface area contributed by atoms with E-state index in [0.29, 0.717) is 5.69 Å². The highest BCUT2D eigenvalue weighted by molar-refractivity contribution is 6.22. The predicted molar refractivity (Wildman–Crippen MR) is 105 cm³/mol. The molecule has 1 heterocycles. The molecule has 5 rings (SSSR count). The topological polar surface area (TPSA) is 107 Å². The summed E-state index contributed by atoms with van der Waals surface area (Å²) in [6.07, 6.45) is 2.96. The van der Waals surface area contributed by atoms with Crippen molar-refractivity contribution in [3.05, 3.63) is 64.2 Å². The molecule has 0 radical (unpaired) electrons. The SMILES string of the molecule is O=C(Oc1cccc(N2C(=O)[C@H]3[C@H]4CC[C@@H](C4)[C@@H]3C2=O)c1)c1cccc([N+](=O)[O-])c1. The lowest BCUT2D eigenvalue weighted by atomic mass is 9.81. The summed E-state index contributed by atoms with van der Waals surface area (Å²) in [7, 11) is 0. The van der Waals surface area contributed by atoms with Crippen molar-refractivity contribution in [3.63, 3.8) is 0 Å². The first kappa shape index (κ1) is 18.5. The Morgan fingerprint density at radius 1 is 1.00 bits per heavy atom. The quantitative estimate of drug-likeness (QED) is 0.253. The van der Waals surface area contributed by atoms with Crippen LogP contribution in [0.4, 0.5) is 11.4 Å². The predicted octanol–water partition coefficient (Wildman–Crippen LogP) is 3.35. The van der Waals surface area contributed by atoms with Gasteiger partial charge in [0.05, 0.1) is 28.0 Å². The number of anilines is 1. The summed E-state index contributed by atoms with van der Waals surface area (Å²) in [6, 6.07) is 11.5. The number of imide groups is 1. The molecule has 152 valence electrons. The molecule has 2 aliphatic carbocycles. The van der Waals surface area contributed by atoms with Gasteiger partial charge in [-0.15, -0.1) is 0 Å². The first-order valence-electron chi connectivity index (χ1n) is 9.88. The van der Waals surface area contributed by atoms with Gasteiger partial charge in [0.2, 0.25) is 11.8 Å². The number of fused-ring (bicyclic) bond motifs is 5. The van der Waals surface area contributed by atoms with E-state index < -0.39 is 10.9 Å². The number of non-ortho nitro benzene ring substituents is 1. The lowest BCUT2D eigenvalue weighted by molar-refractivity contribution is -0.384. The Kier molecular flexibility index (Phi) is 4.16. The maximum Gasteiger partial charge on any atom is 0.343 e. The normalized spacial score (nSPS) is 26.7. The second-order valence-corrected chi connectivity index (χ2v) is 8.09. The first-order valence-corrected chi connectivity index (χ1v) is 9.88. The summed E-state index contributed by atoms with van der Waals surface area (Å²) in [6.45, 7) is 0. The molecule has 0 unspecified atom stereocenters. The van der Waals surface area contributed by atoms with E-state index in [0.717, 1.165) is 25.3 Å². The van der Waals surface area contributed by atoms with Gasteiger partial charge >= 0.3 is 5.97 Å². The van der Waals surface area contributed by atoms with Crippen molar-refractivity contribution in [2.24, 2.45) is 23.7 Å². The average Bonchev–Trinajstić information content (AvgIpc) is 3.42. The lowest BCUT2D eigenvalue weighted by Crippen LogP contribution is -2.32. The number of carbonyl (C=O) groups is 3. The van der Waals surface area contributed by atoms with Gasteiger partial charge in [-0.05, 0) is 49.3 Å². The molecule has 0 spiro atoms. The molecule has 2 bridgehead atoms. The monoisotopic (exact) mass is 406 g/mol. The second-order valence-electron chi connectivity index (χ2n) is 8.09. The molecule has 30 heavy (non-hydrogen) atoms. The number of amides is 2. The molecular weight excluding hydrogens is 388 g/mol. The van der Waals surface area contributed by atoms with E-state index in [9.17, 15) is 24.5 Å². The molecule has 3 fully saturated rings. The molecule has 0 aromatic heterocycles. The zero-order chi connectivity index (χ0) is 21.0. The van der Waals surface area contributed by atoms with Gasteiger partial charge in [0.25, 0.3) is 5.69 Å². The third kappa shape index (κ3) is 2.79. The number of nitro benzene ring substituents is 1. The number of carbonyl (C=O) groups excluding carboxylic acids is 3. The molecular formula is C22H18N2O6. The molecule has 3 aliphatic rings. The number of rotatable bonds is 4. The molecule has 1 saturated heterocycles. The third-order valence-electron chi connectivity index (χ3n) is 6.51. The zero-order valence-electron chi connectivity index (χ0n) is 15.9. The fourth-order valence-electron chi connectivity index (χ4n) is 5.26. The van der Waals surface area contributed by atoms with Crippen molar-refractivity contribution in [2.45, 2.75) is 19.3 Å². The number of benzene rings is 2. The largest absolute Gasteiger partial charge is 0.423 e. The van der Waals surface area contributed by atoms with Gasteiger partial charge in [-0.3, -0.25) is 19.7 Å². The molecule has 8 nitrogen and oxygen atoms in total. The van der Waals surface area contributed by atoms with Crippen molar-refractivity contribution in [1.82, 2.24) is 0 Å². The van der Waals surface area contributed by atoms with Crippen LogP contribution >= 0.6 is 0 Å². The molecule has 4 atom stereocenters. The minimum atomic E-state index is -0.759. The molecule has 8 heteroatoms. The molecule has 2 aromatic carbocycles. The summed E-state index contributed by atoms with van der Waals surface area (Å²) in [4.78, 5) is 49.9. The van der Waals surface area contributed by atoms with Crippen molar-refractivity contribution in [1.29, 1.82) is 0 Å². The Balaban J connectivity index is 1.38. The van der Waals surface area contributed by atoms with Crippen LogP contribution in [0, 0.1) is 33.8 Å². The summed E-state index contributed by atoms with van der Waals surface area (Å²) < 4.78 is 5.34. The highest BCUT2D eigenvalue weighted by Gasteiger charge is 2.61. The number of nitro groups is 1. The Labute approximate surface area is 171 Å². The maximum absolute atomic E-state index is 13.0. The van der Waals surface area contributed by atoms with E-state index >= 15 is 0 Å². The Bertz CT molecular complexity index is 1070. The van der Waals surface area contributed by atoms with Gasteiger partial charge in [0, 0.05) is 18.2 Å². The van der Waals surface area contributed by atoms with E-state index in [1.165, 1.54) is 35.2 Å². The second kappa shape index (κ2) is 6.76. The fraction of sp³-hybridized carbons (Fsp3) is 0.318. The van der Waals surface area contributed by atoms with Gasteiger partial charge < -0.3 is 4.74 Å². The van der Waals surface area contributed by atoms with E-state index in [2.05, 4.69) is 0 Å². The summed E-state index contributed by atoms with van der Waals surface area (Å²) >= 11 is 0. The minimum absolute atomic E-state index is 0.0361. The number of esters is 1. The van der Waals surface area contributed by atoms with E-state index in [4.69, 9.17) is 4.74 Å². The molecule has 2 aromatic rings. The Morgan fingerprint density at radius 2 is 1.67 bits per heavy atom. The fourth-order valence-corrected chi connectivity index (χ4v) is 5.26. The van der Waals surface area contributed by atoms with Crippen LogP contribution in [-0.4, -0.2) is 22.7 Å². The van der Waals surface area contributed by atoms with Gasteiger partial charge in [-0.25, -0.2) is 9.69 Å². The van der Waals surface area contributed by atoms with Crippen LogP contribution in [0.2, 0.25) is 0 Å². The Morgan fingerprint density at radius 3 is 2.33 bits per heavy atom. The standard InChI is InChI=1S/C22H18N2O6/c25-20-18-12-7-8-13(9-12)19(18)21(26)23(20)15-4-2-6-17(11-15)30-22(27)14-3-1-5-16(10-14)24(28)29/h1-6,10-13,18-19H,7-9H2/t12-,13-,18-,19-/m0/s1. The number of hydrogen-bond acceptors (Lipinski definition) is 6. The van der Waals surface area contributed by atoms with Crippen LogP contribution < -0.4 is 9.64 Å². The lowest BCUT2D eigenvalue weighted by Gasteiger charge is -2.19. The highest BCUT2D eigenvalue weighted by Crippen LogP contribution is 2.56. The van der Waals surface area contributed by atoms with E-state index in [-0.39, 0.29) is 52.5 Å². The number of ether oxygens (including phenoxy) is 1. The molecule has 0 N–H and O–H groups in total. The summed E-state index contributed by atoms with van der Waals surface area (Å²) in [5.74, 6) is -0.819. The van der Waals surface area contributed by atoms with Crippen molar-refractivity contribution >= 4 is 29.2 Å². The average molecular weight is 406 g/mol. The van der Waals surface area contributed by atoms with Crippen LogP contribution in [0.15, 0.2) is 48.5 Å². The van der Waals surface area contributed by atoms with Gasteiger partial charge in [-0.2, -0.15) is 0 Å². The molecule has 2 amide bonds. The highest BCUT2D eigenvalue weighted by atomic mass is 16.6. The molecule has 2 saturated carbocycles. The first-order chi connectivity index (χ1) is 14.4. The van der Waals surface area contributed by atoms with Crippen LogP contribution in [0.5, 0.6) is 5.75 Å². The van der Waals surface area contributed by atoms with E-state index in [1.807, 2.05) is 0 Å². The number of hydrogen-bond donors (Lipinski definition) is 0. The van der Waals surface area contributed by atoms with Gasteiger partial charge in [0.1, 0.15) is 5.75 Å². The smallest absolute Gasteiger partial charge is 0.343 e. The van der Waals surface area contributed by atoms with Crippen LogP contribution in [0.3, 0.4) is 0 Å². The van der Waals surface area contributed by atoms with Gasteiger partial charge in [0.15, 0.2) is 0 Å². The van der Waals surface area contributed by atoms with Crippen molar-refractivity contribution in [3.8, 4) is 5.75 Å². The zero-order valence-corrected chi connectivity index (χ0v) is 15.9. The third-order valence-corrected chi connectivity index (χ3v) is 6.51. The minimum Gasteiger partial charge on any atom is -0.423 e.